The van der Waals surface area contributed by atoms with E-state index in [1.54, 1.807) is 23.2 Å². The van der Waals surface area contributed by atoms with Crippen molar-refractivity contribution in [1.82, 2.24) is 9.55 Å². The molecule has 0 N–H and O–H groups in total. The summed E-state index contributed by atoms with van der Waals surface area (Å²) in [5.41, 5.74) is 0. The van der Waals surface area contributed by atoms with Gasteiger partial charge in [0.15, 0.2) is 0 Å². The van der Waals surface area contributed by atoms with Crippen molar-refractivity contribution in [2.45, 2.75) is 6.42 Å². The Labute approximate surface area is 76.2 Å². The third kappa shape index (κ3) is 2.30. The highest BCUT2D eigenvalue weighted by Crippen LogP contribution is 2.00. The van der Waals surface area contributed by atoms with E-state index in [0.29, 0.717) is 5.82 Å². The van der Waals surface area contributed by atoms with Crippen LogP contribution in [-0.2, 0) is 16.0 Å². The highest BCUT2D eigenvalue weighted by atomic mass is 16.5. The maximum Gasteiger partial charge on any atom is 0.318 e. The fourth-order valence-electron chi connectivity index (χ4n) is 0.911. The predicted octanol–water partition coefficient (Wildman–Crippen LogP) is 1.21. The van der Waals surface area contributed by atoms with Gasteiger partial charge in [-0.05, 0) is 0 Å². The lowest BCUT2D eigenvalue weighted by Gasteiger charge is -1.99. The second kappa shape index (κ2) is 4.25. The normalized spacial score (nSPS) is 9.23. The maximum absolute atomic E-state index is 11.0. The van der Waals surface area contributed by atoms with Gasteiger partial charge in [0.1, 0.15) is 12.2 Å². The molecule has 0 unspecified atom stereocenters. The lowest BCUT2D eigenvalue weighted by atomic mass is 10.4. The number of carbonyl (C=O) groups excluding carboxylic acids is 1. The van der Waals surface area contributed by atoms with Gasteiger partial charge in [-0.25, -0.2) is 4.98 Å². The molecule has 0 amide bonds. The molecule has 0 aliphatic heterocycles. The smallest absolute Gasteiger partial charge is 0.318 e. The van der Waals surface area contributed by atoms with Gasteiger partial charge in [0.2, 0.25) is 0 Å². The van der Waals surface area contributed by atoms with E-state index in [1.807, 2.05) is 0 Å². The summed E-state index contributed by atoms with van der Waals surface area (Å²) < 4.78 is 6.21. The number of carbonyl (C=O) groups is 1. The van der Waals surface area contributed by atoms with E-state index in [2.05, 4.69) is 22.9 Å². The van der Waals surface area contributed by atoms with Crippen LogP contribution in [0.5, 0.6) is 0 Å². The summed E-state index contributed by atoms with van der Waals surface area (Å²) in [6.45, 7) is 6.85. The molecule has 1 aromatic rings. The zero-order chi connectivity index (χ0) is 9.68. The number of nitrogens with zero attached hydrogens (tertiary/aromatic N) is 2. The Morgan fingerprint density at radius 2 is 2.46 bits per heavy atom. The van der Waals surface area contributed by atoms with Crippen molar-refractivity contribution in [1.29, 1.82) is 0 Å². The summed E-state index contributed by atoms with van der Waals surface area (Å²) in [6.07, 6.45) is 6.10. The zero-order valence-corrected chi connectivity index (χ0v) is 7.14. The summed E-state index contributed by atoms with van der Waals surface area (Å²) >= 11 is 0. The Balaban J connectivity index is 2.67. The predicted molar refractivity (Wildman–Crippen MR) is 48.6 cm³/mol. The molecule has 1 aromatic heterocycles. The van der Waals surface area contributed by atoms with Crippen LogP contribution in [0.25, 0.3) is 6.20 Å². The maximum atomic E-state index is 11.0. The minimum absolute atomic E-state index is 0.116. The van der Waals surface area contributed by atoms with Crippen LogP contribution in [-0.4, -0.2) is 15.5 Å². The molecule has 0 aliphatic rings. The monoisotopic (exact) mass is 178 g/mol. The SMILES string of the molecule is C=COC(=O)Cc1nccn1C=C. The van der Waals surface area contributed by atoms with Crippen molar-refractivity contribution in [2.75, 3.05) is 0 Å². The number of esters is 1. The quantitative estimate of drug-likeness (QED) is 0.514. The van der Waals surface area contributed by atoms with Gasteiger partial charge in [-0.1, -0.05) is 13.2 Å². The van der Waals surface area contributed by atoms with Crippen molar-refractivity contribution < 1.29 is 9.53 Å². The van der Waals surface area contributed by atoms with Crippen LogP contribution in [0.1, 0.15) is 5.82 Å². The number of hydrogen-bond donors (Lipinski definition) is 0. The molecule has 4 nitrogen and oxygen atoms in total. The third-order valence-electron chi connectivity index (χ3n) is 1.46. The molecule has 1 heterocycles. The van der Waals surface area contributed by atoms with Gasteiger partial charge in [0.05, 0.1) is 6.26 Å². The first-order chi connectivity index (χ1) is 6.27. The van der Waals surface area contributed by atoms with Crippen molar-refractivity contribution in [3.63, 3.8) is 0 Å². The molecule has 13 heavy (non-hydrogen) atoms. The Hall–Kier alpha value is -1.84. The molecule has 0 saturated heterocycles. The minimum Gasteiger partial charge on any atom is -0.435 e. The highest BCUT2D eigenvalue weighted by Gasteiger charge is 2.07. The van der Waals surface area contributed by atoms with Crippen LogP contribution in [0.2, 0.25) is 0 Å². The standard InChI is InChI=1S/C9H10N2O2/c1-3-11-6-5-10-8(11)7-9(12)13-4-2/h3-6H,1-2,7H2. The molecule has 1 rings (SSSR count). The lowest BCUT2D eigenvalue weighted by molar-refractivity contribution is -0.137. The van der Waals surface area contributed by atoms with Crippen molar-refractivity contribution >= 4 is 12.2 Å². The number of hydrogen-bond acceptors (Lipinski definition) is 3. The second-order valence-corrected chi connectivity index (χ2v) is 2.27. The minimum atomic E-state index is -0.385. The highest BCUT2D eigenvalue weighted by molar-refractivity contribution is 5.72. The van der Waals surface area contributed by atoms with E-state index < -0.39 is 0 Å². The Morgan fingerprint density at radius 3 is 3.08 bits per heavy atom. The van der Waals surface area contributed by atoms with Gasteiger partial charge in [-0.3, -0.25) is 4.79 Å². The molecule has 0 aliphatic carbocycles. The van der Waals surface area contributed by atoms with Crippen LogP contribution in [0.15, 0.2) is 31.8 Å². The molecular formula is C9H10N2O2. The van der Waals surface area contributed by atoms with Crippen molar-refractivity contribution in [3.05, 3.63) is 37.6 Å². The zero-order valence-electron chi connectivity index (χ0n) is 7.14. The van der Waals surface area contributed by atoms with Crippen LogP contribution >= 0.6 is 0 Å². The first kappa shape index (κ1) is 9.25. The summed E-state index contributed by atoms with van der Waals surface area (Å²) in [6, 6.07) is 0. The fraction of sp³-hybridized carbons (Fsp3) is 0.111. The number of aromatic nitrogens is 2. The van der Waals surface area contributed by atoms with Gasteiger partial charge in [-0.15, -0.1) is 0 Å². The van der Waals surface area contributed by atoms with E-state index in [-0.39, 0.29) is 12.4 Å². The van der Waals surface area contributed by atoms with Gasteiger partial charge < -0.3 is 9.30 Å². The van der Waals surface area contributed by atoms with E-state index in [1.165, 1.54) is 0 Å². The average Bonchev–Trinajstić information content (AvgIpc) is 2.52. The number of imidazole rings is 1. The largest absolute Gasteiger partial charge is 0.435 e. The molecule has 0 spiro atoms. The van der Waals surface area contributed by atoms with Crippen LogP contribution in [0.3, 0.4) is 0 Å². The topological polar surface area (TPSA) is 44.1 Å². The molecule has 0 atom stereocenters. The van der Waals surface area contributed by atoms with Crippen LogP contribution in [0, 0.1) is 0 Å². The van der Waals surface area contributed by atoms with Gasteiger partial charge >= 0.3 is 5.97 Å². The first-order valence-corrected chi connectivity index (χ1v) is 3.72. The van der Waals surface area contributed by atoms with E-state index in [0.717, 1.165) is 6.26 Å². The summed E-state index contributed by atoms with van der Waals surface area (Å²) in [5, 5.41) is 0. The molecule has 0 aromatic carbocycles. The van der Waals surface area contributed by atoms with Gasteiger partial charge in [0.25, 0.3) is 0 Å². The van der Waals surface area contributed by atoms with Crippen molar-refractivity contribution in [3.8, 4) is 0 Å². The van der Waals surface area contributed by atoms with E-state index >= 15 is 0 Å². The first-order valence-electron chi connectivity index (χ1n) is 3.72. The Kier molecular flexibility index (Phi) is 3.03. The third-order valence-corrected chi connectivity index (χ3v) is 1.46. The summed E-state index contributed by atoms with van der Waals surface area (Å²) in [7, 11) is 0. The molecular weight excluding hydrogens is 168 g/mol. The van der Waals surface area contributed by atoms with Crippen molar-refractivity contribution in [2.24, 2.45) is 0 Å². The fourth-order valence-corrected chi connectivity index (χ4v) is 0.911. The second-order valence-electron chi connectivity index (χ2n) is 2.27. The molecule has 68 valence electrons. The summed E-state index contributed by atoms with van der Waals surface area (Å²) in [5.74, 6) is 0.214. The van der Waals surface area contributed by atoms with Gasteiger partial charge in [0, 0.05) is 18.6 Å². The molecule has 0 fully saturated rings. The molecule has 4 heteroatoms. The Bertz CT molecular complexity index is 328. The van der Waals surface area contributed by atoms with E-state index in [9.17, 15) is 4.79 Å². The number of rotatable bonds is 4. The lowest BCUT2D eigenvalue weighted by Crippen LogP contribution is -2.07. The average molecular weight is 178 g/mol. The molecule has 0 bridgehead atoms. The van der Waals surface area contributed by atoms with E-state index in [4.69, 9.17) is 0 Å². The number of ether oxygens (including phenoxy) is 1. The van der Waals surface area contributed by atoms with Crippen LogP contribution in [0.4, 0.5) is 0 Å². The molecule has 0 radical (unpaired) electrons. The van der Waals surface area contributed by atoms with Gasteiger partial charge in [-0.2, -0.15) is 0 Å². The Morgan fingerprint density at radius 1 is 1.69 bits per heavy atom. The summed E-state index contributed by atoms with van der Waals surface area (Å²) in [4.78, 5) is 15.0. The molecule has 0 saturated carbocycles. The van der Waals surface area contributed by atoms with Crippen LogP contribution < -0.4 is 0 Å².